The zero-order valence-electron chi connectivity index (χ0n) is 11.8. The van der Waals surface area contributed by atoms with E-state index < -0.39 is 0 Å². The first-order valence-electron chi connectivity index (χ1n) is 6.91. The molecule has 0 atom stereocenters. The Morgan fingerprint density at radius 2 is 1.32 bits per heavy atom. The maximum atomic E-state index is 8.62. The Hall–Kier alpha value is -3.25. The number of hydrogen-bond donors (Lipinski definition) is 0. The van der Waals surface area contributed by atoms with Crippen molar-refractivity contribution in [2.75, 3.05) is 0 Å². The second-order valence-electron chi connectivity index (χ2n) is 4.72. The van der Waals surface area contributed by atoms with Crippen LogP contribution >= 0.6 is 0 Å². The van der Waals surface area contributed by atoms with Crippen LogP contribution in [0.1, 0.15) is 5.56 Å². The van der Waals surface area contributed by atoms with Crippen LogP contribution in [0.15, 0.2) is 79.1 Å². The molecule has 0 N–H and O–H groups in total. The lowest BCUT2D eigenvalue weighted by Crippen LogP contribution is -1.78. The molecule has 0 aliphatic carbocycles. The molecule has 2 heterocycles. The number of pyridine rings is 2. The average molecular weight is 283 g/mol. The summed E-state index contributed by atoms with van der Waals surface area (Å²) in [6, 6.07) is 23.5. The molecule has 3 heteroatoms. The summed E-state index contributed by atoms with van der Waals surface area (Å²) in [4.78, 5) is 8.32. The number of nitriles is 1. The normalized spacial score (nSPS) is 9.77. The number of nitrogens with zero attached hydrogens (tertiary/aromatic N) is 3. The Balaban J connectivity index is 0.000000133. The van der Waals surface area contributed by atoms with E-state index >= 15 is 0 Å². The second-order valence-corrected chi connectivity index (χ2v) is 4.72. The highest BCUT2D eigenvalue weighted by molar-refractivity contribution is 5.79. The first-order valence-corrected chi connectivity index (χ1v) is 6.91. The maximum absolute atomic E-state index is 8.62. The zero-order valence-corrected chi connectivity index (χ0v) is 11.8. The van der Waals surface area contributed by atoms with Crippen molar-refractivity contribution in [3.63, 3.8) is 0 Å². The monoisotopic (exact) mass is 283 g/mol. The van der Waals surface area contributed by atoms with Gasteiger partial charge in [0, 0.05) is 23.2 Å². The van der Waals surface area contributed by atoms with E-state index in [1.807, 2.05) is 48.7 Å². The van der Waals surface area contributed by atoms with E-state index in [0.717, 1.165) is 16.4 Å². The standard InChI is InChI=1S/C10H6N2.C9H7N/c11-7-8-3-4-9-2-1-5-12-10(9)6-8;1-2-6-9-8(4-1)5-3-7-10-9/h1-6H;1-7H. The highest BCUT2D eigenvalue weighted by atomic mass is 14.6. The van der Waals surface area contributed by atoms with E-state index in [9.17, 15) is 0 Å². The minimum absolute atomic E-state index is 0.654. The fraction of sp³-hybridized carbons (Fsp3) is 0. The van der Waals surface area contributed by atoms with Crippen molar-refractivity contribution in [1.82, 2.24) is 9.97 Å². The quantitative estimate of drug-likeness (QED) is 0.482. The predicted octanol–water partition coefficient (Wildman–Crippen LogP) is 4.34. The lowest BCUT2D eigenvalue weighted by atomic mass is 10.1. The Kier molecular flexibility index (Phi) is 4.03. The summed E-state index contributed by atoms with van der Waals surface area (Å²) < 4.78 is 0. The molecule has 104 valence electrons. The van der Waals surface area contributed by atoms with Gasteiger partial charge in [-0.25, -0.2) is 0 Å². The van der Waals surface area contributed by atoms with Crippen molar-refractivity contribution in [1.29, 1.82) is 5.26 Å². The summed E-state index contributed by atoms with van der Waals surface area (Å²) in [5.41, 5.74) is 2.59. The lowest BCUT2D eigenvalue weighted by Gasteiger charge is -1.94. The first-order chi connectivity index (χ1) is 10.9. The number of fused-ring (bicyclic) bond motifs is 2. The molecule has 0 fully saturated rings. The minimum Gasteiger partial charge on any atom is -0.256 e. The molecule has 0 aliphatic heterocycles. The Morgan fingerprint density at radius 3 is 2.05 bits per heavy atom. The molecule has 2 aromatic carbocycles. The van der Waals surface area contributed by atoms with Gasteiger partial charge in [0.05, 0.1) is 22.7 Å². The molecule has 0 aliphatic rings. The van der Waals surface area contributed by atoms with Crippen LogP contribution in [0.3, 0.4) is 0 Å². The smallest absolute Gasteiger partial charge is 0.0992 e. The van der Waals surface area contributed by atoms with E-state index in [1.54, 1.807) is 18.3 Å². The highest BCUT2D eigenvalue weighted by Gasteiger charge is 1.94. The summed E-state index contributed by atoms with van der Waals surface area (Å²) in [5, 5.41) is 10.9. The van der Waals surface area contributed by atoms with Crippen molar-refractivity contribution in [2.24, 2.45) is 0 Å². The van der Waals surface area contributed by atoms with Gasteiger partial charge in [-0.05, 0) is 30.3 Å². The fourth-order valence-electron chi connectivity index (χ4n) is 2.15. The molecule has 0 unspecified atom stereocenters. The molecule has 3 nitrogen and oxygen atoms in total. The molecule has 2 aromatic heterocycles. The third kappa shape index (κ3) is 3.08. The van der Waals surface area contributed by atoms with Crippen LogP contribution in [0.25, 0.3) is 21.8 Å². The molecule has 22 heavy (non-hydrogen) atoms. The van der Waals surface area contributed by atoms with Crippen LogP contribution in [0.2, 0.25) is 0 Å². The first kappa shape index (κ1) is 13.7. The number of benzene rings is 2. The minimum atomic E-state index is 0.654. The van der Waals surface area contributed by atoms with Gasteiger partial charge in [0.2, 0.25) is 0 Å². The molecule has 0 bridgehead atoms. The summed E-state index contributed by atoms with van der Waals surface area (Å²) in [7, 11) is 0. The fourth-order valence-corrected chi connectivity index (χ4v) is 2.15. The summed E-state index contributed by atoms with van der Waals surface area (Å²) in [5.74, 6) is 0. The SMILES string of the molecule is N#Cc1ccc2cccnc2c1.c1ccc2ncccc2c1. The number of hydrogen-bond acceptors (Lipinski definition) is 3. The Labute approximate surface area is 128 Å². The number of aromatic nitrogens is 2. The van der Waals surface area contributed by atoms with Gasteiger partial charge in [-0.2, -0.15) is 5.26 Å². The van der Waals surface area contributed by atoms with Gasteiger partial charge in [-0.15, -0.1) is 0 Å². The van der Waals surface area contributed by atoms with E-state index in [-0.39, 0.29) is 0 Å². The third-order valence-corrected chi connectivity index (χ3v) is 3.25. The lowest BCUT2D eigenvalue weighted by molar-refractivity contribution is 1.40. The largest absolute Gasteiger partial charge is 0.256 e. The van der Waals surface area contributed by atoms with Crippen LogP contribution in [0, 0.1) is 11.3 Å². The molecule has 0 spiro atoms. The van der Waals surface area contributed by atoms with Crippen LogP contribution in [-0.4, -0.2) is 9.97 Å². The molecule has 0 radical (unpaired) electrons. The molecular weight excluding hydrogens is 270 g/mol. The van der Waals surface area contributed by atoms with E-state index in [2.05, 4.69) is 28.2 Å². The summed E-state index contributed by atoms with van der Waals surface area (Å²) in [6.07, 6.45) is 3.53. The molecule has 4 rings (SSSR count). The van der Waals surface area contributed by atoms with Crippen LogP contribution in [0.4, 0.5) is 0 Å². The van der Waals surface area contributed by atoms with Crippen molar-refractivity contribution >= 4 is 21.8 Å². The third-order valence-electron chi connectivity index (χ3n) is 3.25. The van der Waals surface area contributed by atoms with Crippen molar-refractivity contribution < 1.29 is 0 Å². The van der Waals surface area contributed by atoms with Crippen molar-refractivity contribution in [2.45, 2.75) is 0 Å². The van der Waals surface area contributed by atoms with Gasteiger partial charge in [-0.3, -0.25) is 9.97 Å². The van der Waals surface area contributed by atoms with Gasteiger partial charge >= 0.3 is 0 Å². The van der Waals surface area contributed by atoms with Crippen LogP contribution < -0.4 is 0 Å². The van der Waals surface area contributed by atoms with Gasteiger partial charge in [-0.1, -0.05) is 36.4 Å². The van der Waals surface area contributed by atoms with E-state index in [0.29, 0.717) is 5.56 Å². The number of rotatable bonds is 0. The second kappa shape index (κ2) is 6.47. The molecule has 4 aromatic rings. The summed E-state index contributed by atoms with van der Waals surface area (Å²) >= 11 is 0. The average Bonchev–Trinajstić information content (AvgIpc) is 2.62. The molecular formula is C19H13N3. The topological polar surface area (TPSA) is 49.6 Å². The Bertz CT molecular complexity index is 889. The predicted molar refractivity (Wildman–Crippen MR) is 88.2 cm³/mol. The van der Waals surface area contributed by atoms with E-state index in [4.69, 9.17) is 5.26 Å². The van der Waals surface area contributed by atoms with Crippen molar-refractivity contribution in [3.8, 4) is 6.07 Å². The molecule has 0 saturated heterocycles. The zero-order chi connectivity index (χ0) is 15.2. The van der Waals surface area contributed by atoms with Crippen molar-refractivity contribution in [3.05, 3.63) is 84.7 Å². The highest BCUT2D eigenvalue weighted by Crippen LogP contribution is 2.12. The summed E-state index contributed by atoms with van der Waals surface area (Å²) in [6.45, 7) is 0. The van der Waals surface area contributed by atoms with Gasteiger partial charge in [0.15, 0.2) is 0 Å². The Morgan fingerprint density at radius 1 is 0.682 bits per heavy atom. The van der Waals surface area contributed by atoms with Gasteiger partial charge in [0.1, 0.15) is 0 Å². The van der Waals surface area contributed by atoms with Gasteiger partial charge < -0.3 is 0 Å². The maximum Gasteiger partial charge on any atom is 0.0992 e. The van der Waals surface area contributed by atoms with E-state index in [1.165, 1.54) is 5.39 Å². The van der Waals surface area contributed by atoms with Crippen LogP contribution in [0.5, 0.6) is 0 Å². The number of para-hydroxylation sites is 1. The van der Waals surface area contributed by atoms with Gasteiger partial charge in [0.25, 0.3) is 0 Å². The molecule has 0 amide bonds. The van der Waals surface area contributed by atoms with Crippen LogP contribution in [-0.2, 0) is 0 Å². The molecule has 0 saturated carbocycles.